The van der Waals surface area contributed by atoms with Gasteiger partial charge in [-0.1, -0.05) is 11.3 Å². The van der Waals surface area contributed by atoms with Gasteiger partial charge in [-0.15, -0.1) is 0 Å². The summed E-state index contributed by atoms with van der Waals surface area (Å²) < 4.78 is 45.9. The van der Waals surface area contributed by atoms with Gasteiger partial charge in [-0.3, -0.25) is 14.4 Å². The van der Waals surface area contributed by atoms with Gasteiger partial charge in [0.25, 0.3) is 5.91 Å². The number of rotatable bonds is 14. The van der Waals surface area contributed by atoms with Crippen LogP contribution in [0.2, 0.25) is 0 Å². The molecule has 2 aromatic heterocycles. The predicted octanol–water partition coefficient (Wildman–Crippen LogP) is 3.13. The van der Waals surface area contributed by atoms with Crippen LogP contribution in [0, 0.1) is 0 Å². The maximum absolute atomic E-state index is 13.7. The molecule has 0 aliphatic heterocycles. The number of ether oxygens (including phenoxy) is 3. The zero-order chi connectivity index (χ0) is 27.8. The molecule has 0 N–H and O–H groups in total. The summed E-state index contributed by atoms with van der Waals surface area (Å²) in [5.74, 6) is 0.404. The van der Waals surface area contributed by atoms with Gasteiger partial charge in [-0.25, -0.2) is 13.4 Å². The van der Waals surface area contributed by atoms with Crippen LogP contribution in [0.3, 0.4) is 0 Å². The lowest BCUT2D eigenvalue weighted by Gasteiger charge is -2.22. The molecule has 1 amide bonds. The number of hydrogen-bond acceptors (Lipinski definition) is 9. The Morgan fingerprint density at radius 3 is 2.33 bits per heavy atom. The highest BCUT2D eigenvalue weighted by molar-refractivity contribution is 7.89. The number of anilines is 1. The highest BCUT2D eigenvalue weighted by atomic mass is 32.2. The molecule has 2 heterocycles. The van der Waals surface area contributed by atoms with E-state index in [1.165, 1.54) is 54.1 Å². The predicted molar refractivity (Wildman–Crippen MR) is 149 cm³/mol. The Kier molecular flexibility index (Phi) is 9.64. The molecule has 0 saturated heterocycles. The zero-order valence-electron chi connectivity index (χ0n) is 22.0. The van der Waals surface area contributed by atoms with Crippen LogP contribution in [0.4, 0.5) is 5.13 Å². The largest absolute Gasteiger partial charge is 0.497 e. The summed E-state index contributed by atoms with van der Waals surface area (Å²) in [6, 6.07) is 13.3. The molecule has 13 heteroatoms. The number of aromatic nitrogens is 3. The molecule has 0 radical (unpaired) electrons. The van der Waals surface area contributed by atoms with Crippen LogP contribution in [0.25, 0.3) is 10.2 Å². The van der Waals surface area contributed by atoms with Crippen molar-refractivity contribution >= 4 is 42.6 Å². The van der Waals surface area contributed by atoms with Crippen molar-refractivity contribution in [2.24, 2.45) is 0 Å². The summed E-state index contributed by atoms with van der Waals surface area (Å²) in [4.78, 5) is 20.1. The smallest absolute Gasteiger partial charge is 0.260 e. The van der Waals surface area contributed by atoms with Crippen molar-refractivity contribution in [2.45, 2.75) is 11.4 Å². The third-order valence-electron chi connectivity index (χ3n) is 6.00. The lowest BCUT2D eigenvalue weighted by Crippen LogP contribution is -2.36. The van der Waals surface area contributed by atoms with E-state index in [4.69, 9.17) is 14.2 Å². The summed E-state index contributed by atoms with van der Waals surface area (Å²) in [6.07, 6.45) is 3.50. The molecule has 2 aromatic carbocycles. The SMILES string of the molecule is COCCN(CCOC)S(=O)(=O)c1ccc(C(=O)N(CCn2cccn2)c2nc3ccc(OC)cc3s2)cc1. The van der Waals surface area contributed by atoms with E-state index in [1.807, 2.05) is 30.5 Å². The average molecular weight is 574 g/mol. The van der Waals surface area contributed by atoms with Crippen molar-refractivity contribution in [2.75, 3.05) is 59.1 Å². The molecule has 39 heavy (non-hydrogen) atoms. The lowest BCUT2D eigenvalue weighted by atomic mass is 10.2. The second kappa shape index (κ2) is 13.1. The first-order chi connectivity index (χ1) is 18.9. The summed E-state index contributed by atoms with van der Waals surface area (Å²) >= 11 is 1.38. The molecular formula is C26H31N5O6S2. The van der Waals surface area contributed by atoms with Crippen LogP contribution < -0.4 is 9.64 Å². The van der Waals surface area contributed by atoms with Crippen molar-refractivity contribution in [1.82, 2.24) is 19.1 Å². The quantitative estimate of drug-likeness (QED) is 0.226. The van der Waals surface area contributed by atoms with Crippen molar-refractivity contribution in [3.8, 4) is 5.75 Å². The highest BCUT2D eigenvalue weighted by Gasteiger charge is 2.26. The number of thiazole rings is 1. The van der Waals surface area contributed by atoms with E-state index >= 15 is 0 Å². The van der Waals surface area contributed by atoms with E-state index in [9.17, 15) is 13.2 Å². The monoisotopic (exact) mass is 573 g/mol. The molecule has 4 aromatic rings. The van der Waals surface area contributed by atoms with Crippen molar-refractivity contribution < 1.29 is 27.4 Å². The van der Waals surface area contributed by atoms with Gasteiger partial charge in [0.05, 0.1) is 42.0 Å². The fraction of sp³-hybridized carbons (Fsp3) is 0.346. The first kappa shape index (κ1) is 28.6. The summed E-state index contributed by atoms with van der Waals surface area (Å²) in [7, 11) is 0.820. The Bertz CT molecular complexity index is 1460. The molecule has 0 fully saturated rings. The Labute approximate surface area is 231 Å². The van der Waals surface area contributed by atoms with Gasteiger partial charge < -0.3 is 14.2 Å². The van der Waals surface area contributed by atoms with E-state index in [0.29, 0.717) is 29.5 Å². The van der Waals surface area contributed by atoms with Crippen LogP contribution in [-0.2, 0) is 26.0 Å². The van der Waals surface area contributed by atoms with Crippen LogP contribution in [0.1, 0.15) is 10.4 Å². The third-order valence-corrected chi connectivity index (χ3v) is 8.95. The van der Waals surface area contributed by atoms with Gasteiger partial charge >= 0.3 is 0 Å². The molecule has 208 valence electrons. The van der Waals surface area contributed by atoms with E-state index in [0.717, 1.165) is 10.2 Å². The average Bonchev–Trinajstić information content (AvgIpc) is 3.62. The number of carbonyl (C=O) groups is 1. The molecule has 0 aliphatic rings. The maximum atomic E-state index is 13.7. The Morgan fingerprint density at radius 1 is 1.00 bits per heavy atom. The number of benzene rings is 2. The Hall–Kier alpha value is -3.36. The lowest BCUT2D eigenvalue weighted by molar-refractivity contribution is 0.0985. The number of amides is 1. The van der Waals surface area contributed by atoms with Crippen LogP contribution >= 0.6 is 11.3 Å². The first-order valence-corrected chi connectivity index (χ1v) is 14.4. The van der Waals surface area contributed by atoms with Crippen LogP contribution in [-0.4, -0.2) is 87.6 Å². The molecule has 0 bridgehead atoms. The Morgan fingerprint density at radius 2 is 1.72 bits per heavy atom. The molecular weight excluding hydrogens is 542 g/mol. The topological polar surface area (TPSA) is 116 Å². The van der Waals surface area contributed by atoms with Gasteiger partial charge in [0, 0.05) is 51.8 Å². The van der Waals surface area contributed by atoms with Gasteiger partial charge in [0.2, 0.25) is 10.0 Å². The van der Waals surface area contributed by atoms with Gasteiger partial charge in [0.15, 0.2) is 5.13 Å². The number of fused-ring (bicyclic) bond motifs is 1. The first-order valence-electron chi connectivity index (χ1n) is 12.2. The molecule has 4 rings (SSSR count). The fourth-order valence-electron chi connectivity index (χ4n) is 3.87. The fourth-order valence-corrected chi connectivity index (χ4v) is 6.29. The minimum absolute atomic E-state index is 0.0847. The second-order valence-corrected chi connectivity index (χ2v) is 11.4. The standard InChI is InChI=1S/C26H31N5O6S2/c1-35-17-15-30(16-18-36-2)39(33,34)22-8-5-20(6-9-22)25(32)31(14-13-29-12-4-11-27-29)26-28-23-10-7-21(37-3)19-24(23)38-26/h4-12,19H,13-18H2,1-3H3. The molecule has 0 unspecified atom stereocenters. The van der Waals surface area contributed by atoms with Crippen LogP contribution in [0.5, 0.6) is 5.75 Å². The summed E-state index contributed by atoms with van der Waals surface area (Å²) in [6.45, 7) is 1.65. The zero-order valence-corrected chi connectivity index (χ0v) is 23.7. The number of hydrogen-bond donors (Lipinski definition) is 0. The molecule has 0 spiro atoms. The Balaban J connectivity index is 1.61. The minimum Gasteiger partial charge on any atom is -0.497 e. The van der Waals surface area contributed by atoms with Crippen molar-refractivity contribution in [1.29, 1.82) is 0 Å². The van der Waals surface area contributed by atoms with Gasteiger partial charge in [-0.05, 0) is 48.5 Å². The number of sulfonamides is 1. The molecule has 0 saturated carbocycles. The molecule has 11 nitrogen and oxygen atoms in total. The minimum atomic E-state index is -3.81. The number of carbonyl (C=O) groups excluding carboxylic acids is 1. The van der Waals surface area contributed by atoms with Crippen molar-refractivity contribution in [3.63, 3.8) is 0 Å². The number of methoxy groups -OCH3 is 3. The van der Waals surface area contributed by atoms with Crippen molar-refractivity contribution in [3.05, 3.63) is 66.5 Å². The molecule has 0 atom stereocenters. The van der Waals surface area contributed by atoms with Crippen LogP contribution in [0.15, 0.2) is 65.8 Å². The van der Waals surface area contributed by atoms with E-state index in [2.05, 4.69) is 10.1 Å². The second-order valence-electron chi connectivity index (χ2n) is 8.47. The number of nitrogens with zero attached hydrogens (tertiary/aromatic N) is 5. The van der Waals surface area contributed by atoms with Gasteiger partial charge in [0.1, 0.15) is 5.75 Å². The summed E-state index contributed by atoms with van der Waals surface area (Å²) in [5, 5.41) is 4.76. The summed E-state index contributed by atoms with van der Waals surface area (Å²) in [5.41, 5.74) is 1.09. The molecule has 0 aliphatic carbocycles. The van der Waals surface area contributed by atoms with Gasteiger partial charge in [-0.2, -0.15) is 9.40 Å². The van der Waals surface area contributed by atoms with E-state index in [1.54, 1.807) is 22.9 Å². The maximum Gasteiger partial charge on any atom is 0.260 e. The van der Waals surface area contributed by atoms with E-state index in [-0.39, 0.29) is 37.1 Å². The third kappa shape index (κ3) is 6.81. The van der Waals surface area contributed by atoms with E-state index < -0.39 is 10.0 Å². The highest BCUT2D eigenvalue weighted by Crippen LogP contribution is 2.32. The normalized spacial score (nSPS) is 11.8.